The number of amides is 1. The molecule has 13 heteroatoms. The highest BCUT2D eigenvalue weighted by molar-refractivity contribution is 5.82. The predicted molar refractivity (Wildman–Crippen MR) is 111 cm³/mol. The molecular weight excluding hydrogens is 454 g/mol. The largest absolute Gasteiger partial charge is 0.492 e. The zero-order valence-electron chi connectivity index (χ0n) is 17.5. The highest BCUT2D eigenvalue weighted by atomic mass is 16.7. The fraction of sp³-hybridized carbons (Fsp3) is 0.190. The summed E-state index contributed by atoms with van der Waals surface area (Å²) in [6, 6.07) is 11.6. The number of ether oxygens (including phenoxy) is 1. The molecule has 1 aromatic carbocycles. The van der Waals surface area contributed by atoms with Crippen molar-refractivity contribution in [2.75, 3.05) is 0 Å². The zero-order valence-corrected chi connectivity index (χ0v) is 17.5. The Labute approximate surface area is 191 Å². The number of carbonyl (C=O) groups is 3. The van der Waals surface area contributed by atoms with Gasteiger partial charge in [0.15, 0.2) is 0 Å². The molecule has 0 radical (unpaired) electrons. The van der Waals surface area contributed by atoms with Crippen molar-refractivity contribution in [2.24, 2.45) is 0 Å². The second-order valence-electron chi connectivity index (χ2n) is 6.86. The maximum atomic E-state index is 12.6. The van der Waals surface area contributed by atoms with Crippen molar-refractivity contribution in [3.8, 4) is 23.5 Å². The third-order valence-electron chi connectivity index (χ3n) is 4.40. The fourth-order valence-corrected chi connectivity index (χ4v) is 2.71. The Morgan fingerprint density at radius 3 is 1.88 bits per heavy atom. The van der Waals surface area contributed by atoms with Crippen LogP contribution in [0.25, 0.3) is 0 Å². The molecule has 1 amide bonds. The smallest absolute Gasteiger partial charge is 0.408 e. The SMILES string of the molecule is O=C(CCC(NC(=O)OCc1ccccc1)C(=O)On1c(O)ccc1O)On1c(O)ccc1O. The van der Waals surface area contributed by atoms with Gasteiger partial charge in [-0.3, -0.25) is 0 Å². The number of benzene rings is 1. The topological polar surface area (TPSA) is 182 Å². The summed E-state index contributed by atoms with van der Waals surface area (Å²) in [7, 11) is 0. The van der Waals surface area contributed by atoms with Gasteiger partial charge in [0.05, 0.1) is 6.42 Å². The summed E-state index contributed by atoms with van der Waals surface area (Å²) < 4.78 is 5.95. The molecule has 1 atom stereocenters. The van der Waals surface area contributed by atoms with Crippen LogP contribution in [0.1, 0.15) is 18.4 Å². The van der Waals surface area contributed by atoms with Crippen LogP contribution in [0.2, 0.25) is 0 Å². The Kier molecular flexibility index (Phi) is 7.48. The van der Waals surface area contributed by atoms with Crippen LogP contribution in [0.3, 0.4) is 0 Å². The van der Waals surface area contributed by atoms with Gasteiger partial charge >= 0.3 is 18.0 Å². The van der Waals surface area contributed by atoms with E-state index in [1.807, 2.05) is 0 Å². The number of aromatic nitrogens is 2. The second-order valence-corrected chi connectivity index (χ2v) is 6.86. The van der Waals surface area contributed by atoms with Crippen LogP contribution in [0, 0.1) is 0 Å². The minimum atomic E-state index is -1.47. The molecule has 0 fully saturated rings. The Morgan fingerprint density at radius 1 is 0.794 bits per heavy atom. The van der Waals surface area contributed by atoms with E-state index in [-0.39, 0.29) is 13.0 Å². The maximum absolute atomic E-state index is 12.6. The Hall–Kier alpha value is -4.81. The van der Waals surface area contributed by atoms with Gasteiger partial charge in [-0.2, -0.15) is 0 Å². The standard InChI is InChI=1S/C21H21N3O10/c25-15-7-8-16(26)23(15)33-19(29)11-6-14(20(30)34-24-17(27)9-10-18(24)28)22-21(31)32-12-13-4-2-1-3-5-13/h1-5,7-10,14,25-28H,6,11-12H2,(H,22,31). The normalized spacial score (nSPS) is 11.4. The number of hydrogen-bond donors (Lipinski definition) is 5. The molecule has 13 nitrogen and oxygen atoms in total. The molecule has 180 valence electrons. The van der Waals surface area contributed by atoms with Gasteiger partial charge in [0, 0.05) is 24.3 Å². The van der Waals surface area contributed by atoms with Gasteiger partial charge in [-0.15, -0.1) is 9.46 Å². The maximum Gasteiger partial charge on any atom is 0.408 e. The lowest BCUT2D eigenvalue weighted by Gasteiger charge is -2.17. The van der Waals surface area contributed by atoms with Gasteiger partial charge in [-0.1, -0.05) is 30.3 Å². The van der Waals surface area contributed by atoms with E-state index in [0.717, 1.165) is 24.3 Å². The molecule has 0 bridgehead atoms. The lowest BCUT2D eigenvalue weighted by Crippen LogP contribution is -2.45. The predicted octanol–water partition coefficient (Wildman–Crippen LogP) is 0.798. The molecular formula is C21H21N3O10. The van der Waals surface area contributed by atoms with Crippen LogP contribution >= 0.6 is 0 Å². The molecule has 3 aromatic rings. The number of nitrogens with one attached hydrogen (secondary N) is 1. The average molecular weight is 475 g/mol. The van der Waals surface area contributed by atoms with Crippen LogP contribution in [0.15, 0.2) is 54.6 Å². The van der Waals surface area contributed by atoms with E-state index in [1.54, 1.807) is 30.3 Å². The third kappa shape index (κ3) is 6.12. The molecule has 2 heterocycles. The van der Waals surface area contributed by atoms with E-state index >= 15 is 0 Å². The number of nitrogens with zero attached hydrogens (tertiary/aromatic N) is 2. The minimum absolute atomic E-state index is 0.0954. The first-order valence-corrected chi connectivity index (χ1v) is 9.84. The molecule has 3 rings (SSSR count). The highest BCUT2D eigenvalue weighted by Gasteiger charge is 2.27. The molecule has 0 aliphatic carbocycles. The lowest BCUT2D eigenvalue weighted by molar-refractivity contribution is -0.149. The summed E-state index contributed by atoms with van der Waals surface area (Å²) in [4.78, 5) is 46.6. The summed E-state index contributed by atoms with van der Waals surface area (Å²) in [5.41, 5.74) is 0.689. The number of rotatable bonds is 9. The van der Waals surface area contributed by atoms with E-state index in [1.165, 1.54) is 0 Å². The zero-order chi connectivity index (χ0) is 24.7. The van der Waals surface area contributed by atoms with E-state index in [2.05, 4.69) is 5.32 Å². The van der Waals surface area contributed by atoms with E-state index in [4.69, 9.17) is 14.4 Å². The van der Waals surface area contributed by atoms with Crippen LogP contribution < -0.4 is 15.0 Å². The molecule has 0 aliphatic heterocycles. The van der Waals surface area contributed by atoms with Crippen molar-refractivity contribution in [3.05, 3.63) is 60.2 Å². The van der Waals surface area contributed by atoms with E-state index < -0.39 is 54.0 Å². The van der Waals surface area contributed by atoms with Crippen LogP contribution in [-0.4, -0.2) is 54.0 Å². The number of hydrogen-bond acceptors (Lipinski definition) is 10. The fourth-order valence-electron chi connectivity index (χ4n) is 2.71. The van der Waals surface area contributed by atoms with Crippen molar-refractivity contribution in [3.63, 3.8) is 0 Å². The summed E-state index contributed by atoms with van der Waals surface area (Å²) in [5, 5.41) is 40.6. The summed E-state index contributed by atoms with van der Waals surface area (Å²) >= 11 is 0. The number of aromatic hydroxyl groups is 4. The molecule has 0 saturated heterocycles. The van der Waals surface area contributed by atoms with Crippen molar-refractivity contribution in [2.45, 2.75) is 25.5 Å². The quantitative estimate of drug-likeness (QED) is 0.297. The molecule has 5 N–H and O–H groups in total. The lowest BCUT2D eigenvalue weighted by atomic mass is 10.1. The Balaban J connectivity index is 1.64. The Bertz CT molecular complexity index is 1120. The Morgan fingerprint density at radius 2 is 1.32 bits per heavy atom. The van der Waals surface area contributed by atoms with Gasteiger partial charge < -0.3 is 40.2 Å². The van der Waals surface area contributed by atoms with Crippen molar-refractivity contribution >= 4 is 18.0 Å². The first kappa shape index (κ1) is 23.8. The molecule has 1 unspecified atom stereocenters. The summed E-state index contributed by atoms with van der Waals surface area (Å²) in [6.45, 7) is -0.0954. The second kappa shape index (κ2) is 10.7. The van der Waals surface area contributed by atoms with Gasteiger partial charge in [-0.25, -0.2) is 14.4 Å². The van der Waals surface area contributed by atoms with E-state index in [0.29, 0.717) is 15.0 Å². The monoisotopic (exact) mass is 475 g/mol. The summed E-state index contributed by atoms with van der Waals surface area (Å²) in [5.74, 6) is -4.36. The van der Waals surface area contributed by atoms with Gasteiger partial charge in [0.1, 0.15) is 12.6 Å². The van der Waals surface area contributed by atoms with E-state index in [9.17, 15) is 34.8 Å². The molecule has 0 saturated carbocycles. The molecule has 2 aromatic heterocycles. The van der Waals surface area contributed by atoms with Crippen molar-refractivity contribution < 1.29 is 49.2 Å². The van der Waals surface area contributed by atoms with Gasteiger partial charge in [0.2, 0.25) is 23.5 Å². The molecule has 0 aliphatic rings. The minimum Gasteiger partial charge on any atom is -0.492 e. The van der Waals surface area contributed by atoms with Crippen molar-refractivity contribution in [1.82, 2.24) is 14.8 Å². The highest BCUT2D eigenvalue weighted by Crippen LogP contribution is 2.20. The molecule has 0 spiro atoms. The average Bonchev–Trinajstić information content (AvgIpc) is 3.31. The molecule has 34 heavy (non-hydrogen) atoms. The van der Waals surface area contributed by atoms with Crippen LogP contribution in [0.5, 0.6) is 23.5 Å². The number of alkyl carbamates (subject to hydrolysis) is 1. The van der Waals surface area contributed by atoms with Gasteiger partial charge in [0.25, 0.3) is 0 Å². The third-order valence-corrected chi connectivity index (χ3v) is 4.40. The first-order chi connectivity index (χ1) is 16.2. The van der Waals surface area contributed by atoms with Crippen LogP contribution in [0.4, 0.5) is 4.79 Å². The van der Waals surface area contributed by atoms with Crippen molar-refractivity contribution in [1.29, 1.82) is 0 Å². The summed E-state index contributed by atoms with van der Waals surface area (Å²) in [6.07, 6.45) is -1.83. The number of carbonyl (C=O) groups excluding carboxylic acids is 3. The van der Waals surface area contributed by atoms with Crippen LogP contribution in [-0.2, 0) is 20.9 Å². The first-order valence-electron chi connectivity index (χ1n) is 9.84. The van der Waals surface area contributed by atoms with Gasteiger partial charge in [-0.05, 0) is 12.0 Å².